The molecule has 5 heteroatoms. The number of hydrogen-bond donors (Lipinski definition) is 0. The van der Waals surface area contributed by atoms with Crippen LogP contribution in [0.4, 0.5) is 0 Å². The second-order valence-electron chi connectivity index (χ2n) is 4.05. The Morgan fingerprint density at radius 1 is 1.56 bits per heavy atom. The first-order valence-corrected chi connectivity index (χ1v) is 6.14. The van der Waals surface area contributed by atoms with Crippen LogP contribution in [-0.2, 0) is 11.3 Å². The molecule has 0 saturated carbocycles. The van der Waals surface area contributed by atoms with Crippen molar-refractivity contribution in [3.8, 4) is 6.07 Å². The SMILES string of the molecule is COCCn1c(C(C)Cl)nc2ccc(C#N)cc21. The van der Waals surface area contributed by atoms with Gasteiger partial charge >= 0.3 is 0 Å². The Morgan fingerprint density at radius 2 is 2.33 bits per heavy atom. The fourth-order valence-electron chi connectivity index (χ4n) is 1.93. The number of rotatable bonds is 4. The molecule has 4 nitrogen and oxygen atoms in total. The molecule has 0 bridgehead atoms. The zero-order valence-electron chi connectivity index (χ0n) is 10.4. The van der Waals surface area contributed by atoms with E-state index in [1.165, 1.54) is 0 Å². The van der Waals surface area contributed by atoms with E-state index in [0.29, 0.717) is 18.7 Å². The van der Waals surface area contributed by atoms with Gasteiger partial charge in [0.1, 0.15) is 5.82 Å². The molecule has 1 aromatic carbocycles. The number of aromatic nitrogens is 2. The molecule has 0 spiro atoms. The summed E-state index contributed by atoms with van der Waals surface area (Å²) >= 11 is 6.14. The van der Waals surface area contributed by atoms with E-state index < -0.39 is 0 Å². The molecule has 0 aliphatic rings. The van der Waals surface area contributed by atoms with Crippen LogP contribution in [0, 0.1) is 11.3 Å². The fraction of sp³-hybridized carbons (Fsp3) is 0.385. The Morgan fingerprint density at radius 3 is 2.94 bits per heavy atom. The molecule has 2 aromatic rings. The number of ether oxygens (including phenoxy) is 1. The second kappa shape index (κ2) is 5.38. The first kappa shape index (κ1) is 12.9. The molecular formula is C13H14ClN3O. The number of hydrogen-bond acceptors (Lipinski definition) is 3. The highest BCUT2D eigenvalue weighted by atomic mass is 35.5. The van der Waals surface area contributed by atoms with Crippen LogP contribution >= 0.6 is 11.6 Å². The first-order valence-electron chi connectivity index (χ1n) is 5.70. The predicted octanol–water partition coefficient (Wildman–Crippen LogP) is 2.85. The van der Waals surface area contributed by atoms with Crippen molar-refractivity contribution in [1.82, 2.24) is 9.55 Å². The molecule has 2 rings (SSSR count). The third-order valence-corrected chi connectivity index (χ3v) is 2.98. The van der Waals surface area contributed by atoms with E-state index in [9.17, 15) is 0 Å². The Bertz CT molecular complexity index is 598. The van der Waals surface area contributed by atoms with E-state index in [-0.39, 0.29) is 5.38 Å². The minimum absolute atomic E-state index is 0.181. The van der Waals surface area contributed by atoms with Crippen molar-refractivity contribution in [2.24, 2.45) is 0 Å². The Hall–Kier alpha value is -1.57. The predicted molar refractivity (Wildman–Crippen MR) is 70.6 cm³/mol. The molecule has 18 heavy (non-hydrogen) atoms. The number of nitriles is 1. The lowest BCUT2D eigenvalue weighted by molar-refractivity contribution is 0.187. The lowest BCUT2D eigenvalue weighted by atomic mass is 10.2. The maximum Gasteiger partial charge on any atom is 0.127 e. The topological polar surface area (TPSA) is 50.8 Å². The third kappa shape index (κ3) is 2.33. The van der Waals surface area contributed by atoms with Gasteiger partial charge in [-0.3, -0.25) is 0 Å². The summed E-state index contributed by atoms with van der Waals surface area (Å²) in [5.74, 6) is 0.804. The van der Waals surface area contributed by atoms with Crippen molar-refractivity contribution in [2.45, 2.75) is 18.8 Å². The molecule has 1 heterocycles. The van der Waals surface area contributed by atoms with Crippen molar-refractivity contribution in [3.05, 3.63) is 29.6 Å². The second-order valence-corrected chi connectivity index (χ2v) is 4.70. The largest absolute Gasteiger partial charge is 0.383 e. The lowest BCUT2D eigenvalue weighted by Crippen LogP contribution is -2.08. The van der Waals surface area contributed by atoms with E-state index in [4.69, 9.17) is 21.6 Å². The molecule has 0 radical (unpaired) electrons. The summed E-state index contributed by atoms with van der Waals surface area (Å²) < 4.78 is 7.11. The number of nitrogens with zero attached hydrogens (tertiary/aromatic N) is 3. The Balaban J connectivity index is 2.59. The smallest absolute Gasteiger partial charge is 0.127 e. The highest BCUT2D eigenvalue weighted by Crippen LogP contribution is 2.25. The average Bonchev–Trinajstić information content (AvgIpc) is 2.74. The molecule has 0 N–H and O–H groups in total. The monoisotopic (exact) mass is 263 g/mol. The lowest BCUT2D eigenvalue weighted by Gasteiger charge is -2.09. The van der Waals surface area contributed by atoms with E-state index >= 15 is 0 Å². The zero-order chi connectivity index (χ0) is 13.1. The van der Waals surface area contributed by atoms with E-state index in [1.807, 2.05) is 23.6 Å². The maximum atomic E-state index is 8.95. The van der Waals surface area contributed by atoms with Gasteiger partial charge in [-0.25, -0.2) is 4.98 Å². The Labute approximate surface area is 111 Å². The maximum absolute atomic E-state index is 8.95. The standard InChI is InChI=1S/C13H14ClN3O/c1-9(14)13-16-11-4-3-10(8-15)7-12(11)17(13)5-6-18-2/h3-4,7,9H,5-6H2,1-2H3. The average molecular weight is 264 g/mol. The van der Waals surface area contributed by atoms with Crippen LogP contribution in [0.15, 0.2) is 18.2 Å². The van der Waals surface area contributed by atoms with E-state index in [1.54, 1.807) is 13.2 Å². The van der Waals surface area contributed by atoms with Gasteiger partial charge in [0.05, 0.1) is 34.7 Å². The highest BCUT2D eigenvalue weighted by Gasteiger charge is 2.14. The van der Waals surface area contributed by atoms with Gasteiger partial charge in [0.15, 0.2) is 0 Å². The molecule has 1 unspecified atom stereocenters. The number of halogens is 1. The van der Waals surface area contributed by atoms with Gasteiger partial charge in [-0.05, 0) is 25.1 Å². The number of fused-ring (bicyclic) bond motifs is 1. The minimum Gasteiger partial charge on any atom is -0.383 e. The highest BCUT2D eigenvalue weighted by molar-refractivity contribution is 6.20. The molecule has 0 fully saturated rings. The molecule has 0 saturated heterocycles. The van der Waals surface area contributed by atoms with Gasteiger partial charge in [-0.15, -0.1) is 11.6 Å². The van der Waals surface area contributed by atoms with Crippen molar-refractivity contribution in [1.29, 1.82) is 5.26 Å². The summed E-state index contributed by atoms with van der Waals surface area (Å²) in [7, 11) is 1.66. The molecule has 1 aromatic heterocycles. The first-order chi connectivity index (χ1) is 8.67. The normalized spacial score (nSPS) is 12.6. The van der Waals surface area contributed by atoms with Crippen LogP contribution in [0.3, 0.4) is 0 Å². The van der Waals surface area contributed by atoms with E-state index in [2.05, 4.69) is 11.1 Å². The van der Waals surface area contributed by atoms with Gasteiger partial charge in [0.2, 0.25) is 0 Å². The van der Waals surface area contributed by atoms with Crippen molar-refractivity contribution >= 4 is 22.6 Å². The van der Waals surface area contributed by atoms with Crippen molar-refractivity contribution < 1.29 is 4.74 Å². The summed E-state index contributed by atoms with van der Waals surface area (Å²) in [5.41, 5.74) is 2.40. The minimum atomic E-state index is -0.181. The molecule has 0 aliphatic carbocycles. The quantitative estimate of drug-likeness (QED) is 0.797. The summed E-state index contributed by atoms with van der Waals surface area (Å²) in [6, 6.07) is 7.58. The van der Waals surface area contributed by atoms with Crippen molar-refractivity contribution in [2.75, 3.05) is 13.7 Å². The number of benzene rings is 1. The van der Waals surface area contributed by atoms with Gasteiger partial charge in [-0.2, -0.15) is 5.26 Å². The number of imidazole rings is 1. The summed E-state index contributed by atoms with van der Waals surface area (Å²) in [6.45, 7) is 3.14. The molecule has 1 atom stereocenters. The van der Waals surface area contributed by atoms with Gasteiger partial charge < -0.3 is 9.30 Å². The summed E-state index contributed by atoms with van der Waals surface area (Å²) in [6.07, 6.45) is 0. The summed E-state index contributed by atoms with van der Waals surface area (Å²) in [5, 5.41) is 8.77. The van der Waals surface area contributed by atoms with Gasteiger partial charge in [0.25, 0.3) is 0 Å². The van der Waals surface area contributed by atoms with Gasteiger partial charge in [0, 0.05) is 13.7 Å². The molecule has 94 valence electrons. The van der Waals surface area contributed by atoms with Crippen LogP contribution in [0.5, 0.6) is 0 Å². The van der Waals surface area contributed by atoms with Gasteiger partial charge in [-0.1, -0.05) is 0 Å². The van der Waals surface area contributed by atoms with Crippen LogP contribution in [0.2, 0.25) is 0 Å². The zero-order valence-corrected chi connectivity index (χ0v) is 11.1. The number of alkyl halides is 1. The molecule has 0 aliphatic heterocycles. The third-order valence-electron chi connectivity index (χ3n) is 2.78. The fourth-order valence-corrected chi connectivity index (χ4v) is 2.10. The van der Waals surface area contributed by atoms with Crippen molar-refractivity contribution in [3.63, 3.8) is 0 Å². The van der Waals surface area contributed by atoms with E-state index in [0.717, 1.165) is 16.9 Å². The number of methoxy groups -OCH3 is 1. The molecule has 0 amide bonds. The molecular weight excluding hydrogens is 250 g/mol. The van der Waals surface area contributed by atoms with Crippen LogP contribution in [0.25, 0.3) is 11.0 Å². The van der Waals surface area contributed by atoms with Crippen LogP contribution in [0.1, 0.15) is 23.7 Å². The van der Waals surface area contributed by atoms with Crippen LogP contribution < -0.4 is 0 Å². The van der Waals surface area contributed by atoms with Crippen LogP contribution in [-0.4, -0.2) is 23.3 Å². The Kier molecular flexibility index (Phi) is 3.85. The summed E-state index contributed by atoms with van der Waals surface area (Å²) in [4.78, 5) is 4.51.